The van der Waals surface area contributed by atoms with Crippen molar-refractivity contribution < 1.29 is 24.2 Å². The molecular weight excluding hydrogens is 697 g/mol. The highest BCUT2D eigenvalue weighted by Gasteiger charge is 2.19. The Hall–Kier alpha value is -3.45. The Morgan fingerprint density at radius 3 is 1.59 bits per heavy atom. The first-order chi connectivity index (χ1) is 27.4. The number of carbonyl (C=O) groups excluding carboxylic acids is 2. The van der Waals surface area contributed by atoms with Gasteiger partial charge >= 0.3 is 11.9 Å². The van der Waals surface area contributed by atoms with Crippen LogP contribution in [-0.4, -0.2) is 41.6 Å². The second-order valence-electron chi connectivity index (χ2n) is 14.7. The number of allylic oxidation sites excluding steroid dienone is 13. The third-order valence-electron chi connectivity index (χ3n) is 9.43. The van der Waals surface area contributed by atoms with Crippen molar-refractivity contribution in [2.75, 3.05) is 6.54 Å². The van der Waals surface area contributed by atoms with Gasteiger partial charge in [0.1, 0.15) is 12.1 Å². The lowest BCUT2D eigenvalue weighted by Crippen LogP contribution is -2.40. The average molecular weight is 779 g/mol. The molecule has 7 nitrogen and oxygen atoms in total. The maximum atomic E-state index is 12.7. The lowest BCUT2D eigenvalue weighted by atomic mass is 10.1. The van der Waals surface area contributed by atoms with Crippen LogP contribution in [0.5, 0.6) is 0 Å². The van der Waals surface area contributed by atoms with Crippen LogP contribution >= 0.6 is 0 Å². The van der Waals surface area contributed by atoms with Crippen LogP contribution < -0.4 is 11.1 Å². The van der Waals surface area contributed by atoms with E-state index in [2.05, 4.69) is 98.2 Å². The quantitative estimate of drug-likeness (QED) is 0.0325. The zero-order chi connectivity index (χ0) is 41.0. The molecule has 2 atom stereocenters. The van der Waals surface area contributed by atoms with Gasteiger partial charge in [0.15, 0.2) is 0 Å². The molecule has 0 bridgehead atoms. The van der Waals surface area contributed by atoms with Crippen molar-refractivity contribution in [2.45, 2.75) is 199 Å². The Labute approximate surface area is 343 Å². The van der Waals surface area contributed by atoms with Crippen molar-refractivity contribution >= 4 is 17.8 Å². The van der Waals surface area contributed by atoms with Crippen molar-refractivity contribution in [1.29, 1.82) is 0 Å². The minimum absolute atomic E-state index is 0.119. The molecule has 56 heavy (non-hydrogen) atoms. The van der Waals surface area contributed by atoms with Crippen molar-refractivity contribution in [3.63, 3.8) is 0 Å². The zero-order valence-corrected chi connectivity index (χ0v) is 35.7. The van der Waals surface area contributed by atoms with Crippen LogP contribution in [-0.2, 0) is 19.1 Å². The number of hydrogen-bond acceptors (Lipinski definition) is 5. The first-order valence-corrected chi connectivity index (χ1v) is 22.4. The fourth-order valence-electron chi connectivity index (χ4n) is 6.07. The van der Waals surface area contributed by atoms with Crippen LogP contribution in [0.4, 0.5) is 0 Å². The third kappa shape index (κ3) is 38.8. The number of rotatable bonds is 39. The van der Waals surface area contributed by atoms with Crippen LogP contribution in [0.1, 0.15) is 187 Å². The number of carboxylic acid groups (broad SMARTS) is 1. The predicted octanol–water partition coefficient (Wildman–Crippen LogP) is 12.9. The summed E-state index contributed by atoms with van der Waals surface area (Å²) < 4.78 is 5.91. The molecule has 0 aromatic carbocycles. The number of aliphatic carboxylic acids is 1. The van der Waals surface area contributed by atoms with E-state index in [1.165, 1.54) is 44.9 Å². The van der Waals surface area contributed by atoms with Gasteiger partial charge in [0.2, 0.25) is 5.91 Å². The first-order valence-electron chi connectivity index (χ1n) is 22.4. The van der Waals surface area contributed by atoms with Gasteiger partial charge in [-0.2, -0.15) is 0 Å². The van der Waals surface area contributed by atoms with E-state index < -0.39 is 12.0 Å². The van der Waals surface area contributed by atoms with Crippen LogP contribution in [0.25, 0.3) is 0 Å². The average Bonchev–Trinajstić information content (AvgIpc) is 3.18. The number of amides is 1. The fraction of sp³-hybridized carbons (Fsp3) is 0.653. The van der Waals surface area contributed by atoms with Crippen LogP contribution in [0.15, 0.2) is 85.1 Å². The lowest BCUT2D eigenvalue weighted by molar-refractivity contribution is -0.147. The monoisotopic (exact) mass is 779 g/mol. The summed E-state index contributed by atoms with van der Waals surface area (Å²) in [4.78, 5) is 36.3. The molecule has 7 heteroatoms. The molecule has 4 N–H and O–H groups in total. The number of unbranched alkanes of at least 4 members (excludes halogenated alkanes) is 13. The Morgan fingerprint density at radius 2 is 1.04 bits per heavy atom. The van der Waals surface area contributed by atoms with Gasteiger partial charge in [0.25, 0.3) is 0 Å². The summed E-state index contributed by atoms with van der Waals surface area (Å²) in [5.74, 6) is -1.37. The number of esters is 1. The first kappa shape index (κ1) is 52.6. The van der Waals surface area contributed by atoms with Gasteiger partial charge in [-0.05, 0) is 115 Å². The summed E-state index contributed by atoms with van der Waals surface area (Å²) in [7, 11) is 0. The lowest BCUT2D eigenvalue weighted by Gasteiger charge is -2.15. The molecule has 0 heterocycles. The molecular formula is C49H82N2O5. The molecule has 0 aliphatic rings. The number of carbonyl (C=O) groups is 3. The molecule has 0 saturated heterocycles. The van der Waals surface area contributed by atoms with Gasteiger partial charge in [0, 0.05) is 12.8 Å². The Kier molecular flexibility index (Phi) is 40.1. The van der Waals surface area contributed by atoms with E-state index in [0.717, 1.165) is 96.3 Å². The number of nitrogens with two attached hydrogens (primary N) is 1. The summed E-state index contributed by atoms with van der Waals surface area (Å²) >= 11 is 0. The number of ether oxygens (including phenoxy) is 1. The summed E-state index contributed by atoms with van der Waals surface area (Å²) in [6.07, 6.45) is 56.5. The van der Waals surface area contributed by atoms with Gasteiger partial charge in [-0.25, -0.2) is 4.79 Å². The fourth-order valence-corrected chi connectivity index (χ4v) is 6.07. The Morgan fingerprint density at radius 1 is 0.554 bits per heavy atom. The maximum absolute atomic E-state index is 12.7. The van der Waals surface area contributed by atoms with E-state index in [4.69, 9.17) is 10.5 Å². The smallest absolute Gasteiger partial charge is 0.326 e. The van der Waals surface area contributed by atoms with E-state index >= 15 is 0 Å². The molecule has 0 saturated carbocycles. The molecule has 2 unspecified atom stereocenters. The van der Waals surface area contributed by atoms with E-state index in [9.17, 15) is 19.5 Å². The van der Waals surface area contributed by atoms with Gasteiger partial charge in [0.05, 0.1) is 0 Å². The van der Waals surface area contributed by atoms with E-state index in [-0.39, 0.29) is 18.0 Å². The second-order valence-corrected chi connectivity index (χ2v) is 14.7. The molecule has 0 fully saturated rings. The molecule has 0 aromatic heterocycles. The number of nitrogens with one attached hydrogen (secondary N) is 1. The van der Waals surface area contributed by atoms with Crippen molar-refractivity contribution in [3.8, 4) is 0 Å². The topological polar surface area (TPSA) is 119 Å². The minimum atomic E-state index is -1.02. The van der Waals surface area contributed by atoms with E-state index in [0.29, 0.717) is 38.6 Å². The summed E-state index contributed by atoms with van der Waals surface area (Å²) in [6, 6.07) is -0.879. The van der Waals surface area contributed by atoms with Crippen LogP contribution in [0.3, 0.4) is 0 Å². The van der Waals surface area contributed by atoms with Gasteiger partial charge < -0.3 is 20.9 Å². The van der Waals surface area contributed by atoms with Crippen LogP contribution in [0.2, 0.25) is 0 Å². The highest BCUT2D eigenvalue weighted by molar-refractivity contribution is 5.83. The molecule has 318 valence electrons. The Balaban J connectivity index is 4.23. The second kappa shape index (κ2) is 42.7. The summed E-state index contributed by atoms with van der Waals surface area (Å²) in [6.45, 7) is 4.77. The molecule has 0 rings (SSSR count). The van der Waals surface area contributed by atoms with Crippen molar-refractivity contribution in [1.82, 2.24) is 5.32 Å². The van der Waals surface area contributed by atoms with Crippen molar-refractivity contribution in [3.05, 3.63) is 85.1 Å². The highest BCUT2D eigenvalue weighted by atomic mass is 16.5. The third-order valence-corrected chi connectivity index (χ3v) is 9.43. The largest absolute Gasteiger partial charge is 0.480 e. The maximum Gasteiger partial charge on any atom is 0.326 e. The highest BCUT2D eigenvalue weighted by Crippen LogP contribution is 2.15. The van der Waals surface area contributed by atoms with E-state index in [1.54, 1.807) is 0 Å². The van der Waals surface area contributed by atoms with Gasteiger partial charge in [-0.1, -0.05) is 151 Å². The molecule has 0 aliphatic carbocycles. The zero-order valence-electron chi connectivity index (χ0n) is 35.7. The number of hydrogen-bond donors (Lipinski definition) is 3. The normalized spacial score (nSPS) is 13.5. The SMILES string of the molecule is CC/C=C\C/C=C\C/C=C\C/C=C\C/C=C\CCCCCCCCCC(=O)OC(/C=C\C/C=C\CCCCC)CCCCCCC(=O)NC(CCCN)C(=O)O. The van der Waals surface area contributed by atoms with Crippen molar-refractivity contribution in [2.24, 2.45) is 5.73 Å². The van der Waals surface area contributed by atoms with Crippen LogP contribution in [0, 0.1) is 0 Å². The van der Waals surface area contributed by atoms with Gasteiger partial charge in [-0.15, -0.1) is 0 Å². The molecule has 0 radical (unpaired) electrons. The van der Waals surface area contributed by atoms with Gasteiger partial charge in [-0.3, -0.25) is 9.59 Å². The number of carboxylic acids is 1. The molecule has 0 aromatic rings. The molecule has 0 aliphatic heterocycles. The minimum Gasteiger partial charge on any atom is -0.480 e. The summed E-state index contributed by atoms with van der Waals surface area (Å²) in [5, 5.41) is 11.9. The summed E-state index contributed by atoms with van der Waals surface area (Å²) in [5.41, 5.74) is 5.48. The molecule has 0 spiro atoms. The van der Waals surface area contributed by atoms with E-state index in [1.807, 2.05) is 6.08 Å². The molecule has 1 amide bonds. The predicted molar refractivity (Wildman–Crippen MR) is 238 cm³/mol. The Bertz CT molecular complexity index is 1150. The standard InChI is InChI=1S/C49H82N2O5/c1-3-5-7-9-11-13-14-15-16-17-18-19-20-21-22-23-24-25-26-27-29-31-37-43-48(53)56-45(39-34-30-28-12-10-8-6-4-2)40-35-32-33-36-42-47(52)51-46(49(54)55)41-38-44-50/h5,7,11-13,15-16,18-19,21-22,28,34,39,45-46H,3-4,6,8-10,14,17,20,23-27,29-33,35-38,40-44,50H2,1-2H3,(H,51,52)(H,54,55)/b7-5-,13-11-,16-15-,19-18-,22-21-,28-12-,39-34-.